The topological polar surface area (TPSA) is 87.2 Å². The number of furan rings is 1. The Morgan fingerprint density at radius 1 is 0.805 bits per heavy atom. The third-order valence-electron chi connectivity index (χ3n) is 6.88. The highest BCUT2D eigenvalue weighted by atomic mass is 35.5. The van der Waals surface area contributed by atoms with Crippen LogP contribution in [0.3, 0.4) is 0 Å². The summed E-state index contributed by atoms with van der Waals surface area (Å²) in [7, 11) is 0. The maximum absolute atomic E-state index is 14.2. The largest absolute Gasteiger partial charge is 0.462 e. The Hall–Kier alpha value is -4.88. The third-order valence-corrected chi connectivity index (χ3v) is 7.19. The highest BCUT2D eigenvalue weighted by Gasteiger charge is 2.35. The van der Waals surface area contributed by atoms with Crippen molar-refractivity contribution >= 4 is 56.7 Å². The maximum Gasteiger partial charge on any atom is 0.341 e. The number of nitrogens with zero attached hydrogens (tertiary/aromatic N) is 1. The molecule has 0 saturated carbocycles. The molecule has 0 aliphatic heterocycles. The van der Waals surface area contributed by atoms with Crippen molar-refractivity contribution in [1.29, 1.82) is 0 Å². The Morgan fingerprint density at radius 2 is 1.44 bits per heavy atom. The van der Waals surface area contributed by atoms with E-state index >= 15 is 0 Å². The molecular formula is C33H24ClNO6. The summed E-state index contributed by atoms with van der Waals surface area (Å²) in [5, 5.41) is 1.68. The molecule has 6 rings (SSSR count). The van der Waals surface area contributed by atoms with Crippen molar-refractivity contribution in [1.82, 2.24) is 4.40 Å². The van der Waals surface area contributed by atoms with Crippen LogP contribution in [0.4, 0.5) is 0 Å². The molecule has 6 aromatic rings. The fourth-order valence-corrected chi connectivity index (χ4v) is 5.44. The number of fused-ring (bicyclic) bond motifs is 5. The normalized spacial score (nSPS) is 11.3. The van der Waals surface area contributed by atoms with Gasteiger partial charge in [-0.3, -0.25) is 4.79 Å². The summed E-state index contributed by atoms with van der Waals surface area (Å²) in [5.74, 6) is -1.44. The number of ether oxygens (including phenoxy) is 2. The van der Waals surface area contributed by atoms with Gasteiger partial charge in [0.2, 0.25) is 5.78 Å². The fourth-order valence-electron chi connectivity index (χ4n) is 5.17. The quantitative estimate of drug-likeness (QED) is 0.145. The maximum atomic E-state index is 14.2. The van der Waals surface area contributed by atoms with E-state index in [1.54, 1.807) is 66.8 Å². The molecule has 7 nitrogen and oxygen atoms in total. The molecule has 0 bridgehead atoms. The summed E-state index contributed by atoms with van der Waals surface area (Å²) in [5.41, 5.74) is 2.08. The average Bonchev–Trinajstić information content (AvgIpc) is 3.57. The van der Waals surface area contributed by atoms with Gasteiger partial charge in [-0.25, -0.2) is 9.59 Å². The lowest BCUT2D eigenvalue weighted by Gasteiger charge is -2.10. The van der Waals surface area contributed by atoms with Crippen LogP contribution in [0.2, 0.25) is 5.02 Å². The van der Waals surface area contributed by atoms with Gasteiger partial charge < -0.3 is 18.3 Å². The summed E-state index contributed by atoms with van der Waals surface area (Å²) >= 11 is 6.79. The minimum atomic E-state index is -0.811. The molecule has 0 fully saturated rings. The lowest BCUT2D eigenvalue weighted by molar-refractivity contribution is 0.0480. The highest BCUT2D eigenvalue weighted by Crippen LogP contribution is 2.40. The first kappa shape index (κ1) is 26.3. The van der Waals surface area contributed by atoms with E-state index in [-0.39, 0.29) is 30.0 Å². The number of benzene rings is 3. The molecule has 0 N–H and O–H groups in total. The number of aromatic nitrogens is 1. The Bertz CT molecular complexity index is 1970. The summed E-state index contributed by atoms with van der Waals surface area (Å²) < 4.78 is 18.7. The second-order valence-corrected chi connectivity index (χ2v) is 9.71. The predicted octanol–water partition coefficient (Wildman–Crippen LogP) is 7.74. The molecule has 0 spiro atoms. The molecule has 0 radical (unpaired) electrons. The van der Waals surface area contributed by atoms with Gasteiger partial charge in [-0.2, -0.15) is 0 Å². The van der Waals surface area contributed by atoms with E-state index < -0.39 is 17.7 Å². The summed E-state index contributed by atoms with van der Waals surface area (Å²) in [6.07, 6.45) is 0. The molecule has 3 aromatic carbocycles. The molecule has 0 atom stereocenters. The van der Waals surface area contributed by atoms with E-state index in [1.165, 1.54) is 0 Å². The van der Waals surface area contributed by atoms with Gasteiger partial charge in [0, 0.05) is 21.9 Å². The number of pyridine rings is 1. The van der Waals surface area contributed by atoms with Crippen molar-refractivity contribution in [2.75, 3.05) is 13.2 Å². The number of ketones is 1. The molecule has 3 heterocycles. The van der Waals surface area contributed by atoms with Crippen molar-refractivity contribution in [3.63, 3.8) is 0 Å². The number of halogens is 1. The van der Waals surface area contributed by atoms with Gasteiger partial charge in [0.1, 0.15) is 22.6 Å². The number of rotatable bonds is 7. The predicted molar refractivity (Wildman–Crippen MR) is 157 cm³/mol. The van der Waals surface area contributed by atoms with Gasteiger partial charge in [0.05, 0.1) is 29.3 Å². The van der Waals surface area contributed by atoms with E-state index in [0.29, 0.717) is 43.7 Å². The summed E-state index contributed by atoms with van der Waals surface area (Å²) in [4.78, 5) is 41.2. The van der Waals surface area contributed by atoms with Gasteiger partial charge in [0.15, 0.2) is 5.58 Å². The van der Waals surface area contributed by atoms with Crippen LogP contribution in [0, 0.1) is 0 Å². The molecule has 0 aliphatic rings. The molecule has 0 aliphatic carbocycles. The Labute approximate surface area is 239 Å². The Balaban J connectivity index is 1.81. The molecule has 0 saturated heterocycles. The summed E-state index contributed by atoms with van der Waals surface area (Å²) in [6, 6.07) is 25.2. The van der Waals surface area contributed by atoms with E-state index in [2.05, 4.69) is 0 Å². The van der Waals surface area contributed by atoms with Crippen LogP contribution in [0.5, 0.6) is 0 Å². The minimum absolute atomic E-state index is 0.0421. The van der Waals surface area contributed by atoms with Crippen molar-refractivity contribution < 1.29 is 28.3 Å². The smallest absolute Gasteiger partial charge is 0.341 e. The highest BCUT2D eigenvalue weighted by molar-refractivity contribution is 6.37. The molecule has 41 heavy (non-hydrogen) atoms. The van der Waals surface area contributed by atoms with Crippen molar-refractivity contribution in [2.45, 2.75) is 13.8 Å². The number of hydrogen-bond donors (Lipinski definition) is 0. The van der Waals surface area contributed by atoms with E-state index in [1.807, 2.05) is 36.4 Å². The molecule has 3 aromatic heterocycles. The number of carbonyl (C=O) groups is 3. The molecule has 204 valence electrons. The van der Waals surface area contributed by atoms with E-state index in [4.69, 9.17) is 25.5 Å². The van der Waals surface area contributed by atoms with Crippen LogP contribution in [0.1, 0.15) is 50.6 Å². The number of hydrogen-bond acceptors (Lipinski definition) is 6. The van der Waals surface area contributed by atoms with Crippen molar-refractivity contribution in [3.05, 3.63) is 112 Å². The molecule has 8 heteroatoms. The van der Waals surface area contributed by atoms with E-state index in [9.17, 15) is 14.4 Å². The van der Waals surface area contributed by atoms with Gasteiger partial charge in [0.25, 0.3) is 0 Å². The monoisotopic (exact) mass is 565 g/mol. The van der Waals surface area contributed by atoms with Gasteiger partial charge in [-0.05, 0) is 38.1 Å². The van der Waals surface area contributed by atoms with Crippen LogP contribution >= 0.6 is 11.6 Å². The summed E-state index contributed by atoms with van der Waals surface area (Å²) in [6.45, 7) is 3.44. The second-order valence-electron chi connectivity index (χ2n) is 9.30. The van der Waals surface area contributed by atoms with Crippen LogP contribution in [0.15, 0.2) is 89.3 Å². The molecular weight excluding hydrogens is 542 g/mol. The van der Waals surface area contributed by atoms with Crippen LogP contribution in [-0.4, -0.2) is 35.3 Å². The zero-order valence-electron chi connectivity index (χ0n) is 22.3. The molecule has 0 unspecified atom stereocenters. The minimum Gasteiger partial charge on any atom is -0.462 e. The lowest BCUT2D eigenvalue weighted by atomic mass is 10.0. The first-order valence-corrected chi connectivity index (χ1v) is 13.5. The first-order valence-electron chi connectivity index (χ1n) is 13.2. The van der Waals surface area contributed by atoms with Crippen molar-refractivity contribution in [3.8, 4) is 11.3 Å². The zero-order valence-corrected chi connectivity index (χ0v) is 23.0. The Kier molecular flexibility index (Phi) is 6.81. The molecule has 0 amide bonds. The van der Waals surface area contributed by atoms with Crippen LogP contribution in [0.25, 0.3) is 38.7 Å². The number of esters is 2. The van der Waals surface area contributed by atoms with E-state index in [0.717, 1.165) is 5.56 Å². The number of carbonyl (C=O) groups excluding carboxylic acids is 3. The Morgan fingerprint density at radius 3 is 2.10 bits per heavy atom. The fraction of sp³-hybridized carbons (Fsp3) is 0.121. The first-order chi connectivity index (χ1) is 19.9. The third kappa shape index (κ3) is 4.35. The van der Waals surface area contributed by atoms with Gasteiger partial charge in [-0.15, -0.1) is 0 Å². The van der Waals surface area contributed by atoms with Crippen LogP contribution in [-0.2, 0) is 9.47 Å². The standard InChI is InChI=1S/C33H24ClNO6/c1-3-39-32(37)26-24-16-15-22-23(34)17-21-18-25(19-11-7-5-8-12-19)41-31(21)28(22)35(24)29(27(26)33(38)40-4-2)30(36)20-13-9-6-10-14-20/h5-18H,3-4H2,1-2H3. The lowest BCUT2D eigenvalue weighted by Crippen LogP contribution is -2.17. The average molecular weight is 566 g/mol. The second kappa shape index (κ2) is 10.6. The van der Waals surface area contributed by atoms with Crippen LogP contribution < -0.4 is 0 Å². The van der Waals surface area contributed by atoms with Crippen molar-refractivity contribution in [2.24, 2.45) is 0 Å². The van der Waals surface area contributed by atoms with Gasteiger partial charge in [-0.1, -0.05) is 72.3 Å². The van der Waals surface area contributed by atoms with Gasteiger partial charge >= 0.3 is 11.9 Å². The SMILES string of the molecule is CCOC(=O)c1c(C(=O)OCC)c2ccc3c(Cl)cc4cc(-c5ccccc5)oc4c3n2c1C(=O)c1ccccc1. The zero-order chi connectivity index (χ0) is 28.7.